The molecule has 20 nitrogen and oxygen atoms in total. The van der Waals surface area contributed by atoms with E-state index in [1.165, 1.54) is 18.2 Å². The number of anilines is 7. The van der Waals surface area contributed by atoms with Crippen molar-refractivity contribution in [2.45, 2.75) is 50.0 Å². The van der Waals surface area contributed by atoms with Crippen LogP contribution in [0, 0.1) is 20.2 Å². The van der Waals surface area contributed by atoms with Crippen LogP contribution < -0.4 is 37.5 Å². The first-order valence-electron chi connectivity index (χ1n) is 23.9. The van der Waals surface area contributed by atoms with Gasteiger partial charge in [0.1, 0.15) is 28.4 Å². The number of aromatic nitrogens is 5. The minimum Gasteiger partial charge on any atom is -0.398 e. The maximum atomic E-state index is 11.3. The molecule has 0 saturated heterocycles. The molecule has 5 aromatic heterocycles. The number of non-ortho nitro benzene ring substituents is 2. The number of nitrogens with two attached hydrogens (primary N) is 2. The third-order valence-corrected chi connectivity index (χ3v) is 11.6. The summed E-state index contributed by atoms with van der Waals surface area (Å²) in [4.78, 5) is 42.2. The van der Waals surface area contributed by atoms with Crippen LogP contribution in [-0.4, -0.2) is 75.6 Å². The van der Waals surface area contributed by atoms with Crippen molar-refractivity contribution in [2.75, 3.05) is 69.9 Å². The number of benzene rings is 5. The average molecular weight is 1110 g/mol. The Hall–Kier alpha value is -9.21. The van der Waals surface area contributed by atoms with E-state index in [-0.39, 0.29) is 33.7 Å². The van der Waals surface area contributed by atoms with Gasteiger partial charge in [-0.15, -0.1) is 0 Å². The molecule has 416 valence electrons. The number of nitro groups is 2. The first-order valence-corrected chi connectivity index (χ1v) is 26.2. The first-order chi connectivity index (χ1) is 36.5. The molecule has 0 amide bonds. The van der Waals surface area contributed by atoms with Gasteiger partial charge in [-0.05, 0) is 137 Å². The van der Waals surface area contributed by atoms with E-state index in [4.69, 9.17) is 23.1 Å². The van der Waals surface area contributed by atoms with Crippen LogP contribution >= 0.6 is 11.6 Å². The molecular weight excluding hydrogens is 1040 g/mol. The highest BCUT2D eigenvalue weighted by Crippen LogP contribution is 2.28. The Kier molecular flexibility index (Phi) is 24.7. The second-order valence-corrected chi connectivity index (χ2v) is 18.5. The molecule has 0 bridgehead atoms. The summed E-state index contributed by atoms with van der Waals surface area (Å²) < 4.78 is 25.0. The van der Waals surface area contributed by atoms with Crippen LogP contribution in [0.3, 0.4) is 0 Å². The van der Waals surface area contributed by atoms with Crippen LogP contribution in [0.1, 0.15) is 50.0 Å². The summed E-state index contributed by atoms with van der Waals surface area (Å²) in [5, 5.41) is 38.1. The zero-order valence-electron chi connectivity index (χ0n) is 42.3. The molecule has 10 rings (SSSR count). The largest absolute Gasteiger partial charge is 0.398 e. The molecule has 5 aromatic carbocycles. The fraction of sp³-hybridized carbons (Fsp3) is 0.211. The molecular formula is C57H69ClN14O6S. The van der Waals surface area contributed by atoms with Crippen molar-refractivity contribution in [3.8, 4) is 0 Å². The van der Waals surface area contributed by atoms with Crippen molar-refractivity contribution >= 4 is 128 Å². The van der Waals surface area contributed by atoms with Crippen LogP contribution in [-0.2, 0) is 10.0 Å². The van der Waals surface area contributed by atoms with E-state index in [1.807, 2.05) is 107 Å². The van der Waals surface area contributed by atoms with Gasteiger partial charge in [-0.25, -0.2) is 33.3 Å². The molecule has 79 heavy (non-hydrogen) atoms. The topological polar surface area (TPSA) is 297 Å². The van der Waals surface area contributed by atoms with E-state index >= 15 is 0 Å². The Balaban J connectivity index is 0.000000258. The number of hydrogen-bond acceptors (Lipinski definition) is 17. The number of pyridine rings is 5. The van der Waals surface area contributed by atoms with Crippen molar-refractivity contribution in [3.05, 3.63) is 177 Å². The highest BCUT2D eigenvalue weighted by atomic mass is 35.5. The van der Waals surface area contributed by atoms with Crippen LogP contribution in [0.15, 0.2) is 152 Å². The van der Waals surface area contributed by atoms with Gasteiger partial charge in [-0.3, -0.25) is 25.0 Å². The number of nitrogens with zero attached hydrogens (tertiary/aromatic N) is 7. The number of halogens is 1. The van der Waals surface area contributed by atoms with E-state index in [2.05, 4.69) is 50.9 Å². The third kappa shape index (κ3) is 17.9. The second-order valence-electron chi connectivity index (χ2n) is 16.3. The number of nitro benzene ring substituents is 2. The number of hydrogen-bond donors (Lipinski definition) is 7. The summed E-state index contributed by atoms with van der Waals surface area (Å²) in [6, 6.07) is 44.7. The molecule has 0 fully saturated rings. The standard InChI is InChI=1S/C12H15N3O2S.C11H11N3O2.2C11H13N3.C9H5ClN2O2.3CH4/c1-3-13-12-8-7-9-10(14-12)5-4-6-11(9)15-18(2,16)17;1-2-12-11-7-6-8-9(13-11)4-3-5-10(8)14(15)16;2*1-2-13-11-7-6-8-9(12)4-3-5-10(8)14-11;10-9-5-4-6-7(11-9)2-1-3-8(6)12(13)14;;;/h4-8,15H,3H2,1-2H3,(H,13,14);3-7H,2H2,1H3,(H,12,13);2*3-7H,2,12H2,1H3,(H,13,14);1-5H;3*1H4. The fourth-order valence-corrected chi connectivity index (χ4v) is 8.22. The van der Waals surface area contributed by atoms with Gasteiger partial charge in [0.05, 0.1) is 60.1 Å². The maximum Gasteiger partial charge on any atom is 0.278 e. The number of fused-ring (bicyclic) bond motifs is 5. The number of sulfonamides is 1. The van der Waals surface area contributed by atoms with E-state index in [1.54, 1.807) is 54.6 Å². The molecule has 0 saturated carbocycles. The Bertz CT molecular complexity index is 3680. The van der Waals surface area contributed by atoms with Crippen molar-refractivity contribution < 1.29 is 18.3 Å². The van der Waals surface area contributed by atoms with E-state index in [0.29, 0.717) is 32.6 Å². The second kappa shape index (κ2) is 30.5. The lowest BCUT2D eigenvalue weighted by Gasteiger charge is -2.09. The highest BCUT2D eigenvalue weighted by molar-refractivity contribution is 7.92. The third-order valence-electron chi connectivity index (χ3n) is 10.8. The normalized spacial score (nSPS) is 10.2. The Labute approximate surface area is 465 Å². The minimum absolute atomic E-state index is 0. The van der Waals surface area contributed by atoms with Gasteiger partial charge >= 0.3 is 0 Å². The lowest BCUT2D eigenvalue weighted by molar-refractivity contribution is -0.383. The van der Waals surface area contributed by atoms with Crippen LogP contribution in [0.5, 0.6) is 0 Å². The predicted octanol–water partition coefficient (Wildman–Crippen LogP) is 13.8. The molecule has 0 unspecified atom stereocenters. The summed E-state index contributed by atoms with van der Waals surface area (Å²) in [5.41, 5.74) is 17.7. The maximum absolute atomic E-state index is 11.3. The quantitative estimate of drug-likeness (QED) is 0.0259. The van der Waals surface area contributed by atoms with E-state index < -0.39 is 19.9 Å². The predicted molar refractivity (Wildman–Crippen MR) is 331 cm³/mol. The average Bonchev–Trinajstić information content (AvgIpc) is 3.39. The summed E-state index contributed by atoms with van der Waals surface area (Å²) in [6.45, 7) is 11.4. The lowest BCUT2D eigenvalue weighted by Crippen LogP contribution is -2.10. The molecule has 0 aliphatic heterocycles. The number of nitrogen functional groups attached to an aromatic ring is 2. The Morgan fingerprint density at radius 3 is 1.11 bits per heavy atom. The van der Waals surface area contributed by atoms with Gasteiger partial charge in [0.2, 0.25) is 10.0 Å². The summed E-state index contributed by atoms with van der Waals surface area (Å²) >= 11 is 5.67. The zero-order valence-corrected chi connectivity index (χ0v) is 43.9. The molecule has 0 aliphatic carbocycles. The number of rotatable bonds is 12. The van der Waals surface area contributed by atoms with Crippen molar-refractivity contribution in [1.82, 2.24) is 24.9 Å². The minimum atomic E-state index is -3.28. The van der Waals surface area contributed by atoms with Crippen molar-refractivity contribution in [1.29, 1.82) is 0 Å². The summed E-state index contributed by atoms with van der Waals surface area (Å²) in [7, 11) is -3.28. The van der Waals surface area contributed by atoms with Gasteiger partial charge < -0.3 is 32.7 Å². The summed E-state index contributed by atoms with van der Waals surface area (Å²) in [5.74, 6) is 3.30. The van der Waals surface area contributed by atoms with E-state index in [0.717, 1.165) is 99.8 Å². The Morgan fingerprint density at radius 2 is 0.747 bits per heavy atom. The van der Waals surface area contributed by atoms with Gasteiger partial charge in [0.25, 0.3) is 11.4 Å². The molecule has 0 radical (unpaired) electrons. The molecule has 0 atom stereocenters. The fourth-order valence-electron chi connectivity index (χ4n) is 7.49. The molecule has 5 heterocycles. The molecule has 22 heteroatoms. The highest BCUT2D eigenvalue weighted by Gasteiger charge is 2.13. The monoisotopic (exact) mass is 1110 g/mol. The van der Waals surface area contributed by atoms with Crippen molar-refractivity contribution in [2.24, 2.45) is 0 Å². The lowest BCUT2D eigenvalue weighted by atomic mass is 10.2. The Morgan fingerprint density at radius 1 is 0.443 bits per heavy atom. The zero-order chi connectivity index (χ0) is 54.8. The van der Waals surface area contributed by atoms with Gasteiger partial charge in [0.15, 0.2) is 0 Å². The molecule has 10 aromatic rings. The van der Waals surface area contributed by atoms with Crippen LogP contribution in [0.2, 0.25) is 5.15 Å². The molecule has 9 N–H and O–H groups in total. The van der Waals surface area contributed by atoms with Crippen LogP contribution in [0.25, 0.3) is 54.5 Å². The van der Waals surface area contributed by atoms with Crippen LogP contribution in [0.4, 0.5) is 51.7 Å². The molecule has 0 spiro atoms. The number of nitrogens with one attached hydrogen (secondary N) is 5. The molecule has 0 aliphatic rings. The van der Waals surface area contributed by atoms with Gasteiger partial charge in [0, 0.05) is 65.8 Å². The SMILES string of the molecule is C.C.C.CCNc1ccc2c(N)cccc2n1.CCNc1ccc2c(N)cccc2n1.CCNc1ccc2c(NS(C)(=O)=O)cccc2n1.CCNc1ccc2c([N+](=O)[O-])cccc2n1.O=[N+]([O-])c1cccc2nc(Cl)ccc12. The van der Waals surface area contributed by atoms with E-state index in [9.17, 15) is 28.6 Å². The first kappa shape index (κ1) is 64.1. The van der Waals surface area contributed by atoms with Crippen molar-refractivity contribution in [3.63, 3.8) is 0 Å². The smallest absolute Gasteiger partial charge is 0.278 e. The summed E-state index contributed by atoms with van der Waals surface area (Å²) in [6.07, 6.45) is 1.13. The van der Waals surface area contributed by atoms with Gasteiger partial charge in [-0.2, -0.15) is 0 Å². The van der Waals surface area contributed by atoms with Gasteiger partial charge in [-0.1, -0.05) is 64.2 Å².